The van der Waals surface area contributed by atoms with Gasteiger partial charge in [-0.1, -0.05) is 24.3 Å². The number of benzene rings is 2. The SMILES string of the molecule is CC(c1cccc(N)c1)N(C)c1snc2ccccc12. The first-order chi connectivity index (χ1) is 9.66. The molecule has 0 saturated heterocycles. The third-order valence-electron chi connectivity index (χ3n) is 3.66. The minimum absolute atomic E-state index is 0.252. The normalized spacial score (nSPS) is 12.5. The van der Waals surface area contributed by atoms with E-state index in [0.717, 1.165) is 11.2 Å². The summed E-state index contributed by atoms with van der Waals surface area (Å²) < 4.78 is 4.51. The number of aromatic nitrogens is 1. The molecular formula is C16H17N3S. The van der Waals surface area contributed by atoms with Gasteiger partial charge in [0.15, 0.2) is 0 Å². The summed E-state index contributed by atoms with van der Waals surface area (Å²) in [5.41, 5.74) is 8.95. The van der Waals surface area contributed by atoms with Gasteiger partial charge in [-0.25, -0.2) is 0 Å². The zero-order chi connectivity index (χ0) is 14.1. The summed E-state index contributed by atoms with van der Waals surface area (Å²) in [4.78, 5) is 2.26. The fraction of sp³-hybridized carbons (Fsp3) is 0.188. The first-order valence-corrected chi connectivity index (χ1v) is 7.37. The van der Waals surface area contributed by atoms with Crippen LogP contribution in [0.5, 0.6) is 0 Å². The number of rotatable bonds is 3. The fourth-order valence-electron chi connectivity index (χ4n) is 2.35. The Labute approximate surface area is 122 Å². The Morgan fingerprint density at radius 2 is 1.95 bits per heavy atom. The van der Waals surface area contributed by atoms with Crippen molar-refractivity contribution in [3.63, 3.8) is 0 Å². The van der Waals surface area contributed by atoms with Crippen LogP contribution in [-0.4, -0.2) is 11.4 Å². The smallest absolute Gasteiger partial charge is 0.120 e. The van der Waals surface area contributed by atoms with Crippen LogP contribution in [0.3, 0.4) is 0 Å². The maximum absolute atomic E-state index is 5.88. The van der Waals surface area contributed by atoms with E-state index in [1.807, 2.05) is 30.3 Å². The Hall–Kier alpha value is -2.07. The van der Waals surface area contributed by atoms with Crippen LogP contribution >= 0.6 is 11.5 Å². The summed E-state index contributed by atoms with van der Waals surface area (Å²) in [6.07, 6.45) is 0. The van der Waals surface area contributed by atoms with Gasteiger partial charge in [-0.05, 0) is 48.3 Å². The Morgan fingerprint density at radius 1 is 1.15 bits per heavy atom. The van der Waals surface area contributed by atoms with Crippen LogP contribution in [0.4, 0.5) is 10.7 Å². The third kappa shape index (κ3) is 2.23. The van der Waals surface area contributed by atoms with Crippen molar-refractivity contribution in [1.82, 2.24) is 4.37 Å². The Kier molecular flexibility index (Phi) is 3.32. The van der Waals surface area contributed by atoms with E-state index in [1.54, 1.807) is 11.5 Å². The van der Waals surface area contributed by atoms with Crippen molar-refractivity contribution in [3.8, 4) is 0 Å². The first-order valence-electron chi connectivity index (χ1n) is 6.59. The summed E-state index contributed by atoms with van der Waals surface area (Å²) >= 11 is 1.54. The van der Waals surface area contributed by atoms with Crippen LogP contribution in [0.2, 0.25) is 0 Å². The van der Waals surface area contributed by atoms with Crippen LogP contribution in [0.1, 0.15) is 18.5 Å². The predicted octanol–water partition coefficient (Wildman–Crippen LogP) is 4.08. The molecule has 3 nitrogen and oxygen atoms in total. The van der Waals surface area contributed by atoms with Gasteiger partial charge < -0.3 is 10.6 Å². The van der Waals surface area contributed by atoms with Gasteiger partial charge in [0.2, 0.25) is 0 Å². The quantitative estimate of drug-likeness (QED) is 0.737. The van der Waals surface area contributed by atoms with E-state index in [2.05, 4.69) is 41.4 Å². The molecule has 1 atom stereocenters. The molecule has 0 fully saturated rings. The van der Waals surface area contributed by atoms with E-state index < -0.39 is 0 Å². The molecule has 4 heteroatoms. The molecule has 2 aromatic carbocycles. The second-order valence-electron chi connectivity index (χ2n) is 4.96. The van der Waals surface area contributed by atoms with Crippen LogP contribution < -0.4 is 10.6 Å². The van der Waals surface area contributed by atoms with E-state index in [-0.39, 0.29) is 6.04 Å². The summed E-state index contributed by atoms with van der Waals surface area (Å²) in [5.74, 6) is 0. The Balaban J connectivity index is 1.97. The molecule has 0 amide bonds. The van der Waals surface area contributed by atoms with E-state index in [1.165, 1.54) is 16.0 Å². The van der Waals surface area contributed by atoms with Gasteiger partial charge in [-0.2, -0.15) is 4.37 Å². The van der Waals surface area contributed by atoms with Crippen molar-refractivity contribution in [3.05, 3.63) is 54.1 Å². The topological polar surface area (TPSA) is 42.1 Å². The standard InChI is InChI=1S/C16H17N3S/c1-11(12-6-5-7-13(17)10-12)19(2)16-14-8-3-4-9-15(14)18-20-16/h3-11H,17H2,1-2H3. The summed E-state index contributed by atoms with van der Waals surface area (Å²) in [5, 5.41) is 2.39. The third-order valence-corrected chi connectivity index (χ3v) is 4.63. The second-order valence-corrected chi connectivity index (χ2v) is 5.71. The van der Waals surface area contributed by atoms with Crippen molar-refractivity contribution in [2.75, 3.05) is 17.7 Å². The Bertz CT molecular complexity index is 735. The van der Waals surface area contributed by atoms with Gasteiger partial charge >= 0.3 is 0 Å². The zero-order valence-electron chi connectivity index (χ0n) is 11.6. The molecule has 0 radical (unpaired) electrons. The minimum atomic E-state index is 0.252. The highest BCUT2D eigenvalue weighted by Crippen LogP contribution is 2.35. The van der Waals surface area contributed by atoms with Gasteiger partial charge in [0.1, 0.15) is 5.00 Å². The molecule has 20 heavy (non-hydrogen) atoms. The van der Waals surface area contributed by atoms with Crippen LogP contribution in [0.15, 0.2) is 48.5 Å². The van der Waals surface area contributed by atoms with Crippen molar-refractivity contribution in [2.45, 2.75) is 13.0 Å². The molecule has 0 spiro atoms. The molecule has 0 aliphatic rings. The summed E-state index contributed by atoms with van der Waals surface area (Å²) in [6.45, 7) is 2.18. The lowest BCUT2D eigenvalue weighted by Crippen LogP contribution is -2.20. The van der Waals surface area contributed by atoms with Gasteiger partial charge in [-0.3, -0.25) is 0 Å². The molecule has 102 valence electrons. The van der Waals surface area contributed by atoms with Crippen molar-refractivity contribution < 1.29 is 0 Å². The number of nitrogens with zero attached hydrogens (tertiary/aromatic N) is 2. The monoisotopic (exact) mass is 283 g/mol. The number of hydrogen-bond acceptors (Lipinski definition) is 4. The average molecular weight is 283 g/mol. The van der Waals surface area contributed by atoms with Crippen LogP contribution in [-0.2, 0) is 0 Å². The highest BCUT2D eigenvalue weighted by atomic mass is 32.1. The molecule has 1 unspecified atom stereocenters. The lowest BCUT2D eigenvalue weighted by molar-refractivity contribution is 0.748. The largest absolute Gasteiger partial charge is 0.399 e. The molecule has 0 aliphatic heterocycles. The lowest BCUT2D eigenvalue weighted by Gasteiger charge is -2.26. The average Bonchev–Trinajstić information content (AvgIpc) is 2.89. The molecule has 1 aromatic heterocycles. The zero-order valence-corrected chi connectivity index (χ0v) is 12.4. The molecular weight excluding hydrogens is 266 g/mol. The van der Waals surface area contributed by atoms with Gasteiger partial charge in [0.25, 0.3) is 0 Å². The summed E-state index contributed by atoms with van der Waals surface area (Å²) in [7, 11) is 2.10. The number of anilines is 2. The molecule has 3 rings (SSSR count). The number of hydrogen-bond donors (Lipinski definition) is 1. The van der Waals surface area contributed by atoms with Crippen molar-refractivity contribution >= 4 is 33.1 Å². The van der Waals surface area contributed by atoms with Crippen LogP contribution in [0.25, 0.3) is 10.9 Å². The molecule has 3 aromatic rings. The maximum Gasteiger partial charge on any atom is 0.120 e. The Morgan fingerprint density at radius 3 is 2.75 bits per heavy atom. The van der Waals surface area contributed by atoms with Crippen molar-refractivity contribution in [1.29, 1.82) is 0 Å². The lowest BCUT2D eigenvalue weighted by atomic mass is 10.1. The second kappa shape index (κ2) is 5.13. The van der Waals surface area contributed by atoms with E-state index >= 15 is 0 Å². The number of nitrogens with two attached hydrogens (primary N) is 1. The highest BCUT2D eigenvalue weighted by Gasteiger charge is 2.17. The highest BCUT2D eigenvalue weighted by molar-refractivity contribution is 7.11. The number of nitrogen functional groups attached to an aromatic ring is 1. The molecule has 0 bridgehead atoms. The minimum Gasteiger partial charge on any atom is -0.399 e. The fourth-order valence-corrected chi connectivity index (χ4v) is 3.25. The first kappa shape index (κ1) is 12.9. The van der Waals surface area contributed by atoms with Crippen LogP contribution in [0, 0.1) is 0 Å². The van der Waals surface area contributed by atoms with Crippen molar-refractivity contribution in [2.24, 2.45) is 0 Å². The van der Waals surface area contributed by atoms with E-state index in [0.29, 0.717) is 0 Å². The van der Waals surface area contributed by atoms with Gasteiger partial charge in [-0.15, -0.1) is 0 Å². The van der Waals surface area contributed by atoms with Gasteiger partial charge in [0, 0.05) is 18.1 Å². The predicted molar refractivity (Wildman–Crippen MR) is 87.3 cm³/mol. The molecule has 0 saturated carbocycles. The molecule has 0 aliphatic carbocycles. The van der Waals surface area contributed by atoms with E-state index in [9.17, 15) is 0 Å². The molecule has 2 N–H and O–H groups in total. The maximum atomic E-state index is 5.88. The van der Waals surface area contributed by atoms with E-state index in [4.69, 9.17) is 5.73 Å². The molecule has 1 heterocycles. The van der Waals surface area contributed by atoms with Gasteiger partial charge in [0.05, 0.1) is 11.6 Å². The summed E-state index contributed by atoms with van der Waals surface area (Å²) in [6, 6.07) is 16.6. The number of fused-ring (bicyclic) bond motifs is 1.